The number of ether oxygens (including phenoxy) is 3. The average Bonchev–Trinajstić information content (AvgIpc) is 3.51. The fourth-order valence-corrected chi connectivity index (χ4v) is 4.87. The number of halogens is 5. The van der Waals surface area contributed by atoms with E-state index in [0.717, 1.165) is 21.7 Å². The second kappa shape index (κ2) is 9.54. The SMILES string of the molecule is O=C(CO[C@@H]1[C@@H](n2cc(-c3cc(F)c(F)c(F)c3)nn2)[C@@H](O)[C@@H](CO)O[C@@]12CCCO2)N1CC(F)(F)C1. The first-order chi connectivity index (χ1) is 17.5. The summed E-state index contributed by atoms with van der Waals surface area (Å²) in [4.78, 5) is 13.3. The Morgan fingerprint density at radius 3 is 2.51 bits per heavy atom. The van der Waals surface area contributed by atoms with E-state index in [0.29, 0.717) is 6.42 Å². The van der Waals surface area contributed by atoms with E-state index in [1.165, 1.54) is 6.20 Å². The summed E-state index contributed by atoms with van der Waals surface area (Å²) in [7, 11) is 0. The molecule has 3 aliphatic rings. The predicted molar refractivity (Wildman–Crippen MR) is 112 cm³/mol. The number of benzene rings is 1. The van der Waals surface area contributed by atoms with Crippen LogP contribution in [-0.2, 0) is 19.0 Å². The summed E-state index contributed by atoms with van der Waals surface area (Å²) >= 11 is 0. The van der Waals surface area contributed by atoms with Crippen LogP contribution in [0.3, 0.4) is 0 Å². The van der Waals surface area contributed by atoms with Crippen LogP contribution in [0.25, 0.3) is 11.3 Å². The third kappa shape index (κ3) is 4.69. The van der Waals surface area contributed by atoms with Gasteiger partial charge in [-0.15, -0.1) is 5.10 Å². The first-order valence-electron chi connectivity index (χ1n) is 11.5. The Bertz CT molecular complexity index is 1150. The molecule has 4 heterocycles. The number of hydrogen-bond donors (Lipinski definition) is 2. The molecule has 0 unspecified atom stereocenters. The number of nitrogens with zero attached hydrogens (tertiary/aromatic N) is 4. The smallest absolute Gasteiger partial charge is 0.282 e. The maximum atomic E-state index is 13.8. The highest BCUT2D eigenvalue weighted by molar-refractivity contribution is 5.78. The number of aromatic nitrogens is 3. The summed E-state index contributed by atoms with van der Waals surface area (Å²) in [6.45, 7) is -2.50. The van der Waals surface area contributed by atoms with Crippen molar-refractivity contribution in [2.75, 3.05) is 32.9 Å². The van der Waals surface area contributed by atoms with Gasteiger partial charge in [-0.25, -0.2) is 26.6 Å². The third-order valence-corrected chi connectivity index (χ3v) is 6.70. The zero-order chi connectivity index (χ0) is 26.5. The highest BCUT2D eigenvalue weighted by Gasteiger charge is 2.59. The first kappa shape index (κ1) is 25.9. The molecule has 1 spiro atoms. The van der Waals surface area contributed by atoms with E-state index < -0.39 is 85.7 Å². The summed E-state index contributed by atoms with van der Waals surface area (Å²) in [6.07, 6.45) is -1.88. The average molecular weight is 534 g/mol. The molecule has 0 saturated carbocycles. The first-order valence-corrected chi connectivity index (χ1v) is 11.5. The molecule has 1 aromatic heterocycles. The molecular formula is C22H23F5N4O6. The van der Waals surface area contributed by atoms with Crippen molar-refractivity contribution in [3.8, 4) is 11.3 Å². The van der Waals surface area contributed by atoms with Gasteiger partial charge in [0.25, 0.3) is 5.92 Å². The number of aliphatic hydroxyl groups excluding tert-OH is 2. The molecule has 0 radical (unpaired) electrons. The topological polar surface area (TPSA) is 119 Å². The molecule has 0 aliphatic carbocycles. The van der Waals surface area contributed by atoms with Crippen LogP contribution in [0.5, 0.6) is 0 Å². The van der Waals surface area contributed by atoms with Crippen LogP contribution >= 0.6 is 0 Å². The fourth-order valence-electron chi connectivity index (χ4n) is 4.87. The Balaban J connectivity index is 1.46. The van der Waals surface area contributed by atoms with E-state index in [-0.39, 0.29) is 24.3 Å². The van der Waals surface area contributed by atoms with Crippen molar-refractivity contribution >= 4 is 5.91 Å². The van der Waals surface area contributed by atoms with Gasteiger partial charge >= 0.3 is 0 Å². The van der Waals surface area contributed by atoms with Gasteiger partial charge in [-0.1, -0.05) is 5.21 Å². The lowest BCUT2D eigenvalue weighted by atomic mass is 9.88. The number of amides is 1. The van der Waals surface area contributed by atoms with Gasteiger partial charge in [-0.2, -0.15) is 0 Å². The number of hydrogen-bond acceptors (Lipinski definition) is 8. The molecule has 5 rings (SSSR count). The molecule has 3 aliphatic heterocycles. The molecular weight excluding hydrogens is 511 g/mol. The number of carbonyl (C=O) groups excluding carboxylic acids is 1. The van der Waals surface area contributed by atoms with Crippen LogP contribution in [0.2, 0.25) is 0 Å². The van der Waals surface area contributed by atoms with E-state index in [2.05, 4.69) is 10.3 Å². The zero-order valence-electron chi connectivity index (χ0n) is 19.2. The summed E-state index contributed by atoms with van der Waals surface area (Å²) < 4.78 is 85.9. The Morgan fingerprint density at radius 1 is 1.22 bits per heavy atom. The highest BCUT2D eigenvalue weighted by Crippen LogP contribution is 2.44. The lowest BCUT2D eigenvalue weighted by molar-refractivity contribution is -0.345. The summed E-state index contributed by atoms with van der Waals surface area (Å²) in [5.74, 6) is -9.73. The molecule has 2 N–H and O–H groups in total. The predicted octanol–water partition coefficient (Wildman–Crippen LogP) is 1.02. The third-order valence-electron chi connectivity index (χ3n) is 6.70. The normalized spacial score (nSPS) is 31.1. The lowest BCUT2D eigenvalue weighted by Gasteiger charge is -2.49. The fraction of sp³-hybridized carbons (Fsp3) is 0.591. The van der Waals surface area contributed by atoms with Crippen LogP contribution < -0.4 is 0 Å². The standard InChI is InChI=1S/C22H23F5N4O6/c23-12-4-11(5-13(24)17(12)25)14-6-31(29-28-14)18-19(34)15(7-32)37-22(2-1-3-36-22)20(18)35-8-16(33)30-9-21(26,27)10-30/h4-6,15,18-20,32,34H,1-3,7-10H2/t15-,18+,19+,20-,22+/m1/s1. The van der Waals surface area contributed by atoms with Crippen molar-refractivity contribution < 1.29 is 51.2 Å². The maximum absolute atomic E-state index is 13.8. The second-order valence-corrected chi connectivity index (χ2v) is 9.26. The van der Waals surface area contributed by atoms with Crippen LogP contribution in [-0.4, -0.2) is 98.9 Å². The number of rotatable bonds is 6. The van der Waals surface area contributed by atoms with Gasteiger partial charge < -0.3 is 29.3 Å². The number of alkyl halides is 2. The second-order valence-electron chi connectivity index (χ2n) is 9.26. The molecule has 5 atom stereocenters. The minimum absolute atomic E-state index is 0.0731. The van der Waals surface area contributed by atoms with Crippen molar-refractivity contribution in [1.29, 1.82) is 0 Å². The van der Waals surface area contributed by atoms with Crippen molar-refractivity contribution in [1.82, 2.24) is 19.9 Å². The van der Waals surface area contributed by atoms with Gasteiger partial charge in [0.05, 0.1) is 32.5 Å². The molecule has 1 amide bonds. The maximum Gasteiger partial charge on any atom is 0.282 e. The van der Waals surface area contributed by atoms with Crippen molar-refractivity contribution in [2.45, 2.75) is 48.9 Å². The van der Waals surface area contributed by atoms with Gasteiger partial charge in [0.2, 0.25) is 5.91 Å². The zero-order valence-corrected chi connectivity index (χ0v) is 19.2. The van der Waals surface area contributed by atoms with Crippen molar-refractivity contribution in [3.63, 3.8) is 0 Å². The monoisotopic (exact) mass is 534 g/mol. The molecule has 15 heteroatoms. The van der Waals surface area contributed by atoms with Crippen LogP contribution in [0.1, 0.15) is 18.9 Å². The summed E-state index contributed by atoms with van der Waals surface area (Å²) in [5.41, 5.74) is -0.211. The lowest BCUT2D eigenvalue weighted by Crippen LogP contribution is -2.64. The minimum Gasteiger partial charge on any atom is -0.394 e. The van der Waals surface area contributed by atoms with E-state index >= 15 is 0 Å². The van der Waals surface area contributed by atoms with E-state index in [4.69, 9.17) is 14.2 Å². The Hall–Kier alpha value is -2.72. The number of aliphatic hydroxyl groups is 2. The molecule has 3 fully saturated rings. The van der Waals surface area contributed by atoms with Crippen molar-refractivity contribution in [2.24, 2.45) is 0 Å². The van der Waals surface area contributed by atoms with Crippen LogP contribution in [0, 0.1) is 17.5 Å². The van der Waals surface area contributed by atoms with Crippen LogP contribution in [0.15, 0.2) is 18.3 Å². The van der Waals surface area contributed by atoms with E-state index in [1.807, 2.05) is 0 Å². The molecule has 202 valence electrons. The van der Waals surface area contributed by atoms with Crippen LogP contribution in [0.4, 0.5) is 22.0 Å². The largest absolute Gasteiger partial charge is 0.394 e. The van der Waals surface area contributed by atoms with Gasteiger partial charge in [0, 0.05) is 12.0 Å². The number of likely N-dealkylation sites (tertiary alicyclic amines) is 1. The molecule has 1 aromatic carbocycles. The van der Waals surface area contributed by atoms with Gasteiger partial charge in [0.15, 0.2) is 23.2 Å². The van der Waals surface area contributed by atoms with Gasteiger partial charge in [-0.3, -0.25) is 4.79 Å². The quantitative estimate of drug-likeness (QED) is 0.417. The summed E-state index contributed by atoms with van der Waals surface area (Å²) in [6, 6.07) is 0.257. The van der Waals surface area contributed by atoms with Gasteiger partial charge in [0.1, 0.15) is 36.7 Å². The molecule has 10 nitrogen and oxygen atoms in total. The van der Waals surface area contributed by atoms with Gasteiger partial charge in [-0.05, 0) is 18.6 Å². The van der Waals surface area contributed by atoms with Crippen molar-refractivity contribution in [3.05, 3.63) is 35.8 Å². The van der Waals surface area contributed by atoms with E-state index in [9.17, 15) is 37.0 Å². The Morgan fingerprint density at radius 2 is 1.92 bits per heavy atom. The van der Waals surface area contributed by atoms with E-state index in [1.54, 1.807) is 0 Å². The highest BCUT2D eigenvalue weighted by atomic mass is 19.3. The Labute approximate surface area is 206 Å². The molecule has 2 aromatic rings. The summed E-state index contributed by atoms with van der Waals surface area (Å²) in [5, 5.41) is 28.6. The molecule has 0 bridgehead atoms. The minimum atomic E-state index is -2.97. The molecule has 37 heavy (non-hydrogen) atoms. The number of carbonyl (C=O) groups is 1. The molecule has 3 saturated heterocycles. The Kier molecular flexibility index (Phi) is 6.68.